The van der Waals surface area contributed by atoms with Crippen molar-refractivity contribution in [2.45, 2.75) is 13.7 Å². The SMILES string of the molecule is CCOCn1cc(NC(=O)c2ccc(Br)cc2)cn1. The first-order valence-corrected chi connectivity index (χ1v) is 6.65. The molecule has 0 atom stereocenters. The van der Waals surface area contributed by atoms with Crippen molar-refractivity contribution in [3.63, 3.8) is 0 Å². The zero-order valence-electron chi connectivity index (χ0n) is 10.5. The Bertz CT molecular complexity index is 551. The Morgan fingerprint density at radius 2 is 2.16 bits per heavy atom. The van der Waals surface area contributed by atoms with Crippen molar-refractivity contribution in [1.82, 2.24) is 9.78 Å². The topological polar surface area (TPSA) is 56.1 Å². The number of ether oxygens (including phenoxy) is 1. The summed E-state index contributed by atoms with van der Waals surface area (Å²) in [6, 6.07) is 7.16. The van der Waals surface area contributed by atoms with Crippen molar-refractivity contribution < 1.29 is 9.53 Å². The van der Waals surface area contributed by atoms with Crippen LogP contribution >= 0.6 is 15.9 Å². The van der Waals surface area contributed by atoms with Crippen molar-refractivity contribution >= 4 is 27.5 Å². The molecule has 0 saturated heterocycles. The van der Waals surface area contributed by atoms with Crippen LogP contribution in [0.2, 0.25) is 0 Å². The number of hydrogen-bond acceptors (Lipinski definition) is 3. The maximum Gasteiger partial charge on any atom is 0.255 e. The van der Waals surface area contributed by atoms with E-state index in [1.807, 2.05) is 19.1 Å². The minimum absolute atomic E-state index is 0.163. The van der Waals surface area contributed by atoms with Crippen LogP contribution in [-0.2, 0) is 11.5 Å². The molecule has 1 aromatic heterocycles. The summed E-state index contributed by atoms with van der Waals surface area (Å²) < 4.78 is 7.78. The van der Waals surface area contributed by atoms with Gasteiger partial charge in [0.2, 0.25) is 0 Å². The predicted molar refractivity (Wildman–Crippen MR) is 75.9 cm³/mol. The number of carbonyl (C=O) groups is 1. The second kappa shape index (κ2) is 6.49. The standard InChI is InChI=1S/C13H14BrN3O2/c1-2-19-9-17-8-12(7-15-17)16-13(18)10-3-5-11(14)6-4-10/h3-8H,2,9H2,1H3,(H,16,18). The molecule has 2 rings (SSSR count). The molecule has 2 aromatic rings. The van der Waals surface area contributed by atoms with Gasteiger partial charge in [-0.05, 0) is 31.2 Å². The fourth-order valence-electron chi connectivity index (χ4n) is 1.49. The van der Waals surface area contributed by atoms with E-state index in [0.29, 0.717) is 24.6 Å². The molecule has 100 valence electrons. The molecule has 0 aliphatic carbocycles. The molecule has 19 heavy (non-hydrogen) atoms. The van der Waals surface area contributed by atoms with Crippen LogP contribution < -0.4 is 5.32 Å². The van der Waals surface area contributed by atoms with E-state index in [0.717, 1.165) is 4.47 Å². The molecular weight excluding hydrogens is 310 g/mol. The minimum Gasteiger partial charge on any atom is -0.360 e. The van der Waals surface area contributed by atoms with E-state index in [1.165, 1.54) is 0 Å². The number of benzene rings is 1. The van der Waals surface area contributed by atoms with Crippen LogP contribution in [0.1, 0.15) is 17.3 Å². The molecule has 1 N–H and O–H groups in total. The van der Waals surface area contributed by atoms with Gasteiger partial charge in [0.05, 0.1) is 18.1 Å². The minimum atomic E-state index is -0.163. The molecule has 0 fully saturated rings. The maximum absolute atomic E-state index is 12.0. The largest absolute Gasteiger partial charge is 0.360 e. The molecule has 0 saturated carbocycles. The molecule has 0 radical (unpaired) electrons. The quantitative estimate of drug-likeness (QED) is 0.920. The Balaban J connectivity index is 1.98. The molecule has 1 amide bonds. The summed E-state index contributed by atoms with van der Waals surface area (Å²) in [6.07, 6.45) is 3.32. The number of nitrogens with one attached hydrogen (secondary N) is 1. The van der Waals surface area contributed by atoms with Gasteiger partial charge in [0.15, 0.2) is 0 Å². The molecule has 0 unspecified atom stereocenters. The van der Waals surface area contributed by atoms with Crippen molar-refractivity contribution in [3.8, 4) is 0 Å². The first-order chi connectivity index (χ1) is 9.19. The molecule has 0 aliphatic heterocycles. The van der Waals surface area contributed by atoms with Crippen LogP contribution in [0.25, 0.3) is 0 Å². The fourth-order valence-corrected chi connectivity index (χ4v) is 1.75. The van der Waals surface area contributed by atoms with E-state index in [1.54, 1.807) is 29.2 Å². The van der Waals surface area contributed by atoms with E-state index in [-0.39, 0.29) is 5.91 Å². The van der Waals surface area contributed by atoms with Crippen molar-refractivity contribution in [2.24, 2.45) is 0 Å². The molecule has 1 aromatic carbocycles. The lowest BCUT2D eigenvalue weighted by Crippen LogP contribution is -2.11. The lowest BCUT2D eigenvalue weighted by molar-refractivity contribution is 0.0792. The van der Waals surface area contributed by atoms with Gasteiger partial charge >= 0.3 is 0 Å². The van der Waals surface area contributed by atoms with E-state index >= 15 is 0 Å². The summed E-state index contributed by atoms with van der Waals surface area (Å²) in [4.78, 5) is 12.0. The second-order valence-electron chi connectivity index (χ2n) is 3.85. The summed E-state index contributed by atoms with van der Waals surface area (Å²) in [7, 11) is 0. The number of rotatable bonds is 5. The van der Waals surface area contributed by atoms with Gasteiger partial charge in [-0.3, -0.25) is 4.79 Å². The Morgan fingerprint density at radius 3 is 2.84 bits per heavy atom. The first kappa shape index (κ1) is 13.8. The third kappa shape index (κ3) is 3.90. The van der Waals surface area contributed by atoms with Crippen LogP contribution in [0.4, 0.5) is 5.69 Å². The molecular formula is C13H14BrN3O2. The van der Waals surface area contributed by atoms with Crippen molar-refractivity contribution in [1.29, 1.82) is 0 Å². The van der Waals surface area contributed by atoms with Gasteiger partial charge < -0.3 is 10.1 Å². The number of aromatic nitrogens is 2. The summed E-state index contributed by atoms with van der Waals surface area (Å²) in [5.41, 5.74) is 1.24. The summed E-state index contributed by atoms with van der Waals surface area (Å²) in [6.45, 7) is 2.92. The Kier molecular flexibility index (Phi) is 4.70. The normalized spacial score (nSPS) is 10.4. The molecule has 0 spiro atoms. The van der Waals surface area contributed by atoms with Gasteiger partial charge in [0.25, 0.3) is 5.91 Å². The third-order valence-electron chi connectivity index (χ3n) is 2.43. The number of carbonyl (C=O) groups excluding carboxylic acids is 1. The van der Waals surface area contributed by atoms with Crippen molar-refractivity contribution in [2.75, 3.05) is 11.9 Å². The average molecular weight is 324 g/mol. The number of nitrogens with zero attached hydrogens (tertiary/aromatic N) is 2. The van der Waals surface area contributed by atoms with E-state index < -0.39 is 0 Å². The van der Waals surface area contributed by atoms with E-state index in [2.05, 4.69) is 26.3 Å². The van der Waals surface area contributed by atoms with Crippen LogP contribution in [0.5, 0.6) is 0 Å². The maximum atomic E-state index is 12.0. The highest BCUT2D eigenvalue weighted by molar-refractivity contribution is 9.10. The monoisotopic (exact) mass is 323 g/mol. The molecule has 5 nitrogen and oxygen atoms in total. The lowest BCUT2D eigenvalue weighted by Gasteiger charge is -2.02. The summed E-state index contributed by atoms with van der Waals surface area (Å²) >= 11 is 3.33. The third-order valence-corrected chi connectivity index (χ3v) is 2.95. The number of halogens is 1. The molecule has 0 aliphatic rings. The highest BCUT2D eigenvalue weighted by Crippen LogP contribution is 2.12. The van der Waals surface area contributed by atoms with E-state index in [4.69, 9.17) is 4.74 Å². The van der Waals surface area contributed by atoms with Crippen LogP contribution in [0, 0.1) is 0 Å². The number of anilines is 1. The molecule has 0 bridgehead atoms. The Labute approximate surface area is 119 Å². The Hall–Kier alpha value is -1.66. The van der Waals surface area contributed by atoms with Gasteiger partial charge in [-0.15, -0.1) is 0 Å². The van der Waals surface area contributed by atoms with Crippen LogP contribution in [-0.4, -0.2) is 22.3 Å². The molecule has 1 heterocycles. The number of amides is 1. The smallest absolute Gasteiger partial charge is 0.255 e. The highest BCUT2D eigenvalue weighted by Gasteiger charge is 2.07. The van der Waals surface area contributed by atoms with Crippen molar-refractivity contribution in [3.05, 3.63) is 46.7 Å². The summed E-state index contributed by atoms with van der Waals surface area (Å²) in [5.74, 6) is -0.163. The zero-order chi connectivity index (χ0) is 13.7. The van der Waals surface area contributed by atoms with Gasteiger partial charge in [0, 0.05) is 16.6 Å². The average Bonchev–Trinajstić information content (AvgIpc) is 2.84. The first-order valence-electron chi connectivity index (χ1n) is 5.86. The highest BCUT2D eigenvalue weighted by atomic mass is 79.9. The fraction of sp³-hybridized carbons (Fsp3) is 0.231. The van der Waals surface area contributed by atoms with Gasteiger partial charge in [-0.25, -0.2) is 4.68 Å². The molecule has 6 heteroatoms. The van der Waals surface area contributed by atoms with Crippen LogP contribution in [0.3, 0.4) is 0 Å². The van der Waals surface area contributed by atoms with Crippen LogP contribution in [0.15, 0.2) is 41.1 Å². The number of hydrogen-bond donors (Lipinski definition) is 1. The summed E-state index contributed by atoms with van der Waals surface area (Å²) in [5, 5.41) is 6.87. The van der Waals surface area contributed by atoms with Gasteiger partial charge in [-0.2, -0.15) is 5.10 Å². The predicted octanol–water partition coefficient (Wildman–Crippen LogP) is 2.89. The van der Waals surface area contributed by atoms with Gasteiger partial charge in [0.1, 0.15) is 6.73 Å². The Morgan fingerprint density at radius 1 is 1.42 bits per heavy atom. The van der Waals surface area contributed by atoms with Gasteiger partial charge in [-0.1, -0.05) is 15.9 Å². The zero-order valence-corrected chi connectivity index (χ0v) is 12.1. The van der Waals surface area contributed by atoms with E-state index in [9.17, 15) is 4.79 Å². The second-order valence-corrected chi connectivity index (χ2v) is 4.77. The lowest BCUT2D eigenvalue weighted by atomic mass is 10.2.